The molecule has 0 spiro atoms. The summed E-state index contributed by atoms with van der Waals surface area (Å²) < 4.78 is 5.26. The average Bonchev–Trinajstić information content (AvgIpc) is 3.17. The number of thioether (sulfide) groups is 1. The lowest BCUT2D eigenvalue weighted by Crippen LogP contribution is -2.30. The third kappa shape index (κ3) is 3.91. The highest BCUT2D eigenvalue weighted by atomic mass is 32.2. The van der Waals surface area contributed by atoms with Gasteiger partial charge in [0.2, 0.25) is 0 Å². The Hall–Kier alpha value is -2.58. The van der Waals surface area contributed by atoms with Gasteiger partial charge in [0, 0.05) is 16.3 Å². The van der Waals surface area contributed by atoms with Gasteiger partial charge in [0.25, 0.3) is 5.56 Å². The number of carbonyl (C=O) groups excluding carboxylic acids is 1. The summed E-state index contributed by atoms with van der Waals surface area (Å²) in [6, 6.07) is 3.79. The average molecular weight is 402 g/mol. The van der Waals surface area contributed by atoms with Crippen molar-refractivity contribution in [3.63, 3.8) is 0 Å². The molecule has 0 fully saturated rings. The van der Waals surface area contributed by atoms with Crippen molar-refractivity contribution in [2.24, 2.45) is 0 Å². The number of hydrogen-bond acceptors (Lipinski definition) is 7. The zero-order valence-corrected chi connectivity index (χ0v) is 16.4. The monoisotopic (exact) mass is 401 g/mol. The number of ether oxygens (including phenoxy) is 1. The van der Waals surface area contributed by atoms with Crippen LogP contribution in [0.5, 0.6) is 0 Å². The number of esters is 1. The van der Waals surface area contributed by atoms with E-state index in [2.05, 4.69) is 28.4 Å². The van der Waals surface area contributed by atoms with Gasteiger partial charge in [-0.2, -0.15) is 0 Å². The van der Waals surface area contributed by atoms with Gasteiger partial charge < -0.3 is 15.0 Å². The number of nitrogens with zero attached hydrogens (tertiary/aromatic N) is 1. The molecule has 0 unspecified atom stereocenters. The maximum Gasteiger partial charge on any atom is 0.337 e. The Labute approximate surface area is 165 Å². The number of thiophene rings is 1. The van der Waals surface area contributed by atoms with Crippen molar-refractivity contribution in [2.75, 3.05) is 17.7 Å². The van der Waals surface area contributed by atoms with Crippen molar-refractivity contribution >= 4 is 34.9 Å². The molecule has 6 nitrogen and oxygen atoms in total. The first-order valence-corrected chi connectivity index (χ1v) is 10.1. The number of nitrogens with one attached hydrogen (secondary N) is 2. The Bertz CT molecular complexity index is 961. The maximum absolute atomic E-state index is 12.9. The standard InChI is InChI=1S/C19H19N3O3S2/c1-4-8-25-18(24)13-11(3)20-16-15(14(13)12-7-6-10-26-12)17(23)22-19(21-16)27-9-5-2/h4-7,10,14H,1-2,8-9H2,3H3,(H2,20,21,22,23)/t14-/m1/s1. The molecular weight excluding hydrogens is 382 g/mol. The highest BCUT2D eigenvalue weighted by molar-refractivity contribution is 7.99. The van der Waals surface area contributed by atoms with Crippen LogP contribution in [0.4, 0.5) is 5.82 Å². The number of H-pyrrole nitrogens is 1. The van der Waals surface area contributed by atoms with Gasteiger partial charge in [-0.1, -0.05) is 36.6 Å². The fourth-order valence-corrected chi connectivity index (χ4v) is 4.30. The van der Waals surface area contributed by atoms with Crippen LogP contribution < -0.4 is 10.9 Å². The molecule has 8 heteroatoms. The summed E-state index contributed by atoms with van der Waals surface area (Å²) in [6.07, 6.45) is 3.25. The second-order valence-corrected chi connectivity index (χ2v) is 7.72. The van der Waals surface area contributed by atoms with E-state index in [9.17, 15) is 9.59 Å². The van der Waals surface area contributed by atoms with Crippen LogP contribution in [0.15, 0.2) is 64.0 Å². The summed E-state index contributed by atoms with van der Waals surface area (Å²) in [5.41, 5.74) is 1.16. The molecule has 0 amide bonds. The van der Waals surface area contributed by atoms with Gasteiger partial charge in [0.15, 0.2) is 5.16 Å². The van der Waals surface area contributed by atoms with Crippen LogP contribution in [0.1, 0.15) is 23.3 Å². The summed E-state index contributed by atoms with van der Waals surface area (Å²) in [4.78, 5) is 33.8. The smallest absolute Gasteiger partial charge is 0.337 e. The van der Waals surface area contributed by atoms with E-state index in [4.69, 9.17) is 4.74 Å². The minimum Gasteiger partial charge on any atom is -0.458 e. The summed E-state index contributed by atoms with van der Waals surface area (Å²) in [7, 11) is 0. The third-order valence-corrected chi connectivity index (χ3v) is 5.74. The van der Waals surface area contributed by atoms with E-state index in [1.54, 1.807) is 13.0 Å². The number of anilines is 1. The first-order chi connectivity index (χ1) is 13.1. The van der Waals surface area contributed by atoms with E-state index in [1.165, 1.54) is 29.2 Å². The van der Waals surface area contributed by atoms with Crippen LogP contribution in [0, 0.1) is 0 Å². The Morgan fingerprint density at radius 3 is 2.93 bits per heavy atom. The van der Waals surface area contributed by atoms with Crippen LogP contribution in [0.3, 0.4) is 0 Å². The van der Waals surface area contributed by atoms with Crippen LogP contribution in [-0.2, 0) is 9.53 Å². The number of rotatable bonds is 7. The number of carbonyl (C=O) groups is 1. The van der Waals surface area contributed by atoms with Crippen molar-refractivity contribution < 1.29 is 9.53 Å². The fourth-order valence-electron chi connectivity index (χ4n) is 2.86. The van der Waals surface area contributed by atoms with E-state index in [0.29, 0.717) is 33.6 Å². The SMILES string of the molecule is C=CCOC(=O)C1=C(C)Nc2nc(SCC=C)[nH]c(=O)c2[C@@H]1c1cccs1. The predicted octanol–water partition coefficient (Wildman–Crippen LogP) is 3.67. The Morgan fingerprint density at radius 2 is 2.26 bits per heavy atom. The molecule has 0 saturated heterocycles. The normalized spacial score (nSPS) is 15.7. The minimum atomic E-state index is -0.534. The van der Waals surface area contributed by atoms with Crippen molar-refractivity contribution in [3.05, 3.63) is 74.9 Å². The van der Waals surface area contributed by atoms with Crippen LogP contribution in [0.2, 0.25) is 0 Å². The molecule has 2 N–H and O–H groups in total. The zero-order chi connectivity index (χ0) is 19.4. The third-order valence-electron chi connectivity index (χ3n) is 3.94. The topological polar surface area (TPSA) is 84.1 Å². The number of fused-ring (bicyclic) bond motifs is 1. The predicted molar refractivity (Wildman–Crippen MR) is 109 cm³/mol. The molecular formula is C19H19N3O3S2. The lowest BCUT2D eigenvalue weighted by atomic mass is 9.86. The van der Waals surface area contributed by atoms with E-state index in [1.807, 2.05) is 17.5 Å². The molecule has 2 aromatic heterocycles. The second kappa shape index (κ2) is 8.41. The molecule has 2 aromatic rings. The van der Waals surface area contributed by atoms with Crippen LogP contribution >= 0.6 is 23.1 Å². The highest BCUT2D eigenvalue weighted by Gasteiger charge is 2.36. The van der Waals surface area contributed by atoms with E-state index >= 15 is 0 Å². The molecule has 1 aliphatic heterocycles. The molecule has 27 heavy (non-hydrogen) atoms. The number of aromatic nitrogens is 2. The van der Waals surface area contributed by atoms with E-state index in [0.717, 1.165) is 4.88 Å². The minimum absolute atomic E-state index is 0.103. The second-order valence-electron chi connectivity index (χ2n) is 5.73. The van der Waals surface area contributed by atoms with Crippen molar-refractivity contribution in [3.8, 4) is 0 Å². The van der Waals surface area contributed by atoms with Crippen molar-refractivity contribution in [2.45, 2.75) is 18.0 Å². The van der Waals surface area contributed by atoms with Crippen molar-refractivity contribution in [1.29, 1.82) is 0 Å². The summed E-state index contributed by atoms with van der Waals surface area (Å²) >= 11 is 2.86. The summed E-state index contributed by atoms with van der Waals surface area (Å²) in [5.74, 6) is 0.0764. The van der Waals surface area contributed by atoms with Crippen molar-refractivity contribution in [1.82, 2.24) is 9.97 Å². The molecule has 1 atom stereocenters. The van der Waals surface area contributed by atoms with Gasteiger partial charge in [0.05, 0.1) is 17.1 Å². The molecule has 0 radical (unpaired) electrons. The number of hydrogen-bond donors (Lipinski definition) is 2. The highest BCUT2D eigenvalue weighted by Crippen LogP contribution is 2.41. The molecule has 0 aliphatic carbocycles. The van der Waals surface area contributed by atoms with Crippen LogP contribution in [-0.4, -0.2) is 28.3 Å². The zero-order valence-electron chi connectivity index (χ0n) is 14.8. The maximum atomic E-state index is 12.9. The van der Waals surface area contributed by atoms with Gasteiger partial charge in [-0.3, -0.25) is 4.79 Å². The fraction of sp³-hybridized carbons (Fsp3) is 0.211. The van der Waals surface area contributed by atoms with Crippen LogP contribution in [0.25, 0.3) is 0 Å². The molecule has 3 rings (SSSR count). The number of allylic oxidation sites excluding steroid dienone is 1. The van der Waals surface area contributed by atoms with Gasteiger partial charge in [-0.25, -0.2) is 9.78 Å². The molecule has 0 aromatic carbocycles. The van der Waals surface area contributed by atoms with Gasteiger partial charge >= 0.3 is 5.97 Å². The largest absolute Gasteiger partial charge is 0.458 e. The quantitative estimate of drug-likeness (QED) is 0.319. The molecule has 0 bridgehead atoms. The first kappa shape index (κ1) is 19.2. The Balaban J connectivity index is 2.13. The Kier molecular flexibility index (Phi) is 5.98. The molecule has 140 valence electrons. The van der Waals surface area contributed by atoms with Gasteiger partial charge in [0.1, 0.15) is 12.4 Å². The Morgan fingerprint density at radius 1 is 1.44 bits per heavy atom. The number of aromatic amines is 1. The lowest BCUT2D eigenvalue weighted by Gasteiger charge is -2.27. The molecule has 1 aliphatic rings. The van der Waals surface area contributed by atoms with Gasteiger partial charge in [-0.15, -0.1) is 17.9 Å². The van der Waals surface area contributed by atoms with Gasteiger partial charge in [-0.05, 0) is 18.4 Å². The molecule has 3 heterocycles. The molecule has 0 saturated carbocycles. The summed E-state index contributed by atoms with van der Waals surface area (Å²) in [5, 5.41) is 5.52. The van der Waals surface area contributed by atoms with E-state index < -0.39 is 11.9 Å². The summed E-state index contributed by atoms with van der Waals surface area (Å²) in [6.45, 7) is 9.13. The lowest BCUT2D eigenvalue weighted by molar-refractivity contribution is -0.138. The first-order valence-electron chi connectivity index (χ1n) is 8.24. The van der Waals surface area contributed by atoms with E-state index in [-0.39, 0.29) is 12.2 Å².